The monoisotopic (exact) mass is 471 g/mol. The zero-order valence-electron chi connectivity index (χ0n) is 18.6. The first-order valence-corrected chi connectivity index (χ1v) is 11.7. The number of carbonyl (C=O) groups excluding carboxylic acids is 2. The molecule has 0 saturated carbocycles. The van der Waals surface area contributed by atoms with E-state index in [0.717, 1.165) is 42.0 Å². The van der Waals surface area contributed by atoms with Crippen molar-refractivity contribution in [1.82, 2.24) is 14.9 Å². The van der Waals surface area contributed by atoms with Gasteiger partial charge in [-0.15, -0.1) is 11.3 Å². The van der Waals surface area contributed by atoms with E-state index in [0.29, 0.717) is 16.3 Å². The van der Waals surface area contributed by atoms with Gasteiger partial charge >= 0.3 is 0 Å². The largest absolute Gasteiger partial charge is 0.356 e. The Balaban J connectivity index is 1.44. The summed E-state index contributed by atoms with van der Waals surface area (Å²) in [5.41, 5.74) is 2.18. The van der Waals surface area contributed by atoms with E-state index in [-0.39, 0.29) is 17.7 Å². The number of fused-ring (bicyclic) bond motifs is 1. The maximum atomic E-state index is 12.9. The highest BCUT2D eigenvalue weighted by Gasteiger charge is 2.27. The number of carbonyl (C=O) groups is 2. The van der Waals surface area contributed by atoms with Crippen molar-refractivity contribution in [1.29, 1.82) is 0 Å². The molecule has 2 amide bonds. The number of amides is 2. The first-order chi connectivity index (χ1) is 15.3. The Bertz CT molecular complexity index is 1180. The Labute approximate surface area is 196 Å². The molecule has 168 valence electrons. The molecule has 0 radical (unpaired) electrons. The quantitative estimate of drug-likeness (QED) is 0.605. The number of benzene rings is 1. The lowest BCUT2D eigenvalue weighted by molar-refractivity contribution is -0.120. The van der Waals surface area contributed by atoms with Crippen LogP contribution in [0.1, 0.15) is 33.6 Å². The second-order valence-corrected chi connectivity index (χ2v) is 9.92. The van der Waals surface area contributed by atoms with Gasteiger partial charge in [0.15, 0.2) is 0 Å². The maximum absolute atomic E-state index is 12.9. The molecule has 1 fully saturated rings. The summed E-state index contributed by atoms with van der Waals surface area (Å²) in [6, 6.07) is 5.00. The molecule has 4 rings (SSSR count). The van der Waals surface area contributed by atoms with Gasteiger partial charge in [0, 0.05) is 43.7 Å². The molecule has 0 bridgehead atoms. The summed E-state index contributed by atoms with van der Waals surface area (Å²) >= 11 is 7.86. The summed E-state index contributed by atoms with van der Waals surface area (Å²) in [7, 11) is 3.34. The normalized spacial score (nSPS) is 14.6. The fourth-order valence-corrected chi connectivity index (χ4v) is 5.20. The van der Waals surface area contributed by atoms with Crippen molar-refractivity contribution in [2.45, 2.75) is 26.7 Å². The van der Waals surface area contributed by atoms with Crippen LogP contribution in [0.5, 0.6) is 0 Å². The standard InChI is InChI=1S/C23H26ClN5O2S/c1-13-14(2)32-22-19(13)20(25-12-26-22)29-9-7-15(8-10-29)21(30)27-16-5-6-18(24)17(11-16)23(31)28(3)4/h5-6,11-12,15H,7-10H2,1-4H3,(H,27,30). The molecule has 1 N–H and O–H groups in total. The van der Waals surface area contributed by atoms with E-state index in [1.54, 1.807) is 50.0 Å². The zero-order valence-corrected chi connectivity index (χ0v) is 20.2. The van der Waals surface area contributed by atoms with E-state index < -0.39 is 0 Å². The number of anilines is 2. The zero-order chi connectivity index (χ0) is 23.0. The van der Waals surface area contributed by atoms with Crippen LogP contribution in [0, 0.1) is 19.8 Å². The minimum absolute atomic E-state index is 0.0365. The highest BCUT2D eigenvalue weighted by atomic mass is 35.5. The highest BCUT2D eigenvalue weighted by molar-refractivity contribution is 7.18. The smallest absolute Gasteiger partial charge is 0.254 e. The van der Waals surface area contributed by atoms with Crippen LogP contribution in [0.3, 0.4) is 0 Å². The number of aryl methyl sites for hydroxylation is 2. The van der Waals surface area contributed by atoms with Gasteiger partial charge in [-0.1, -0.05) is 11.6 Å². The number of aromatic nitrogens is 2. The minimum atomic E-state index is -0.200. The van der Waals surface area contributed by atoms with Crippen molar-refractivity contribution >= 4 is 56.5 Å². The number of thiophene rings is 1. The number of halogens is 1. The molecule has 0 unspecified atom stereocenters. The number of hydrogen-bond donors (Lipinski definition) is 1. The van der Waals surface area contributed by atoms with Crippen LogP contribution in [0.2, 0.25) is 5.02 Å². The Morgan fingerprint density at radius 2 is 1.91 bits per heavy atom. The molecule has 9 heteroatoms. The molecular formula is C23H26ClN5O2S. The van der Waals surface area contributed by atoms with Crippen LogP contribution < -0.4 is 10.2 Å². The van der Waals surface area contributed by atoms with Crippen molar-refractivity contribution in [3.63, 3.8) is 0 Å². The number of rotatable bonds is 4. The van der Waals surface area contributed by atoms with Crippen LogP contribution in [-0.2, 0) is 4.79 Å². The molecule has 0 spiro atoms. The van der Waals surface area contributed by atoms with E-state index in [2.05, 4.69) is 34.0 Å². The molecular weight excluding hydrogens is 446 g/mol. The minimum Gasteiger partial charge on any atom is -0.356 e. The molecule has 1 aliphatic heterocycles. The van der Waals surface area contributed by atoms with E-state index >= 15 is 0 Å². The third kappa shape index (κ3) is 4.29. The van der Waals surface area contributed by atoms with Crippen molar-refractivity contribution in [3.8, 4) is 0 Å². The van der Waals surface area contributed by atoms with Crippen molar-refractivity contribution in [2.24, 2.45) is 5.92 Å². The molecule has 3 aromatic rings. The van der Waals surface area contributed by atoms with Crippen LogP contribution in [0.15, 0.2) is 24.5 Å². The fourth-order valence-electron chi connectivity index (χ4n) is 4.01. The van der Waals surface area contributed by atoms with Crippen LogP contribution >= 0.6 is 22.9 Å². The van der Waals surface area contributed by atoms with Gasteiger partial charge in [-0.25, -0.2) is 9.97 Å². The fraction of sp³-hybridized carbons (Fsp3) is 0.391. The molecule has 1 aromatic carbocycles. The second-order valence-electron chi connectivity index (χ2n) is 8.31. The van der Waals surface area contributed by atoms with Gasteiger partial charge < -0.3 is 15.1 Å². The topological polar surface area (TPSA) is 78.4 Å². The summed E-state index contributed by atoms with van der Waals surface area (Å²) in [5.74, 6) is 0.623. The summed E-state index contributed by atoms with van der Waals surface area (Å²) in [5, 5.41) is 4.45. The molecule has 2 aromatic heterocycles. The lowest BCUT2D eigenvalue weighted by Gasteiger charge is -2.32. The predicted molar refractivity (Wildman–Crippen MR) is 130 cm³/mol. The predicted octanol–water partition coefficient (Wildman–Crippen LogP) is 4.52. The Morgan fingerprint density at radius 3 is 2.59 bits per heavy atom. The Morgan fingerprint density at radius 1 is 1.19 bits per heavy atom. The molecule has 0 atom stereocenters. The molecule has 1 aliphatic rings. The Kier molecular flexibility index (Phi) is 6.35. The van der Waals surface area contributed by atoms with E-state index in [1.807, 2.05) is 0 Å². The summed E-state index contributed by atoms with van der Waals surface area (Å²) in [6.07, 6.45) is 3.09. The summed E-state index contributed by atoms with van der Waals surface area (Å²) < 4.78 is 0. The van der Waals surface area contributed by atoms with Crippen molar-refractivity contribution in [2.75, 3.05) is 37.4 Å². The number of nitrogens with one attached hydrogen (secondary N) is 1. The number of hydrogen-bond acceptors (Lipinski definition) is 6. The maximum Gasteiger partial charge on any atom is 0.254 e. The number of nitrogens with zero attached hydrogens (tertiary/aromatic N) is 4. The molecule has 1 saturated heterocycles. The summed E-state index contributed by atoms with van der Waals surface area (Å²) in [4.78, 5) is 40.2. The van der Waals surface area contributed by atoms with Gasteiger partial charge in [0.2, 0.25) is 5.91 Å². The number of piperidine rings is 1. The van der Waals surface area contributed by atoms with Gasteiger partial charge in [0.25, 0.3) is 5.91 Å². The van der Waals surface area contributed by atoms with Crippen LogP contribution in [-0.4, -0.2) is 53.9 Å². The highest BCUT2D eigenvalue weighted by Crippen LogP contribution is 2.35. The summed E-state index contributed by atoms with van der Waals surface area (Å²) in [6.45, 7) is 5.73. The van der Waals surface area contributed by atoms with Gasteiger partial charge in [0.05, 0.1) is 16.0 Å². The lowest BCUT2D eigenvalue weighted by Crippen LogP contribution is -2.38. The average Bonchev–Trinajstić information content (AvgIpc) is 3.08. The molecule has 3 heterocycles. The van der Waals surface area contributed by atoms with Crippen LogP contribution in [0.25, 0.3) is 10.2 Å². The second kappa shape index (κ2) is 9.03. The van der Waals surface area contributed by atoms with Crippen molar-refractivity contribution in [3.05, 3.63) is 45.6 Å². The molecule has 0 aliphatic carbocycles. The molecule has 32 heavy (non-hydrogen) atoms. The molecule has 7 nitrogen and oxygen atoms in total. The first kappa shape index (κ1) is 22.5. The SMILES string of the molecule is Cc1sc2ncnc(N3CCC(C(=O)Nc4ccc(Cl)c(C(=O)N(C)C)c4)CC3)c2c1C. The van der Waals surface area contributed by atoms with E-state index in [9.17, 15) is 9.59 Å². The lowest BCUT2D eigenvalue weighted by atomic mass is 9.95. The van der Waals surface area contributed by atoms with E-state index in [4.69, 9.17) is 11.6 Å². The first-order valence-electron chi connectivity index (χ1n) is 10.5. The van der Waals surface area contributed by atoms with Gasteiger partial charge in [0.1, 0.15) is 17.0 Å². The Hall–Kier alpha value is -2.71. The average molecular weight is 472 g/mol. The third-order valence-electron chi connectivity index (χ3n) is 5.98. The third-order valence-corrected chi connectivity index (χ3v) is 7.43. The van der Waals surface area contributed by atoms with Gasteiger partial charge in [-0.2, -0.15) is 0 Å². The van der Waals surface area contributed by atoms with Crippen molar-refractivity contribution < 1.29 is 9.59 Å². The van der Waals surface area contributed by atoms with Gasteiger partial charge in [-0.05, 0) is 50.5 Å². The van der Waals surface area contributed by atoms with E-state index in [1.165, 1.54) is 15.3 Å². The van der Waals surface area contributed by atoms with Crippen LogP contribution in [0.4, 0.5) is 11.5 Å². The van der Waals surface area contributed by atoms with Gasteiger partial charge in [-0.3, -0.25) is 9.59 Å².